The van der Waals surface area contributed by atoms with Gasteiger partial charge in [0, 0.05) is 0 Å². The second-order valence-corrected chi connectivity index (χ2v) is 3.77. The number of hydrogen-bond acceptors (Lipinski definition) is 4. The summed E-state index contributed by atoms with van der Waals surface area (Å²) in [5.41, 5.74) is 0. The van der Waals surface area contributed by atoms with Gasteiger partial charge < -0.3 is 9.47 Å². The first-order valence-corrected chi connectivity index (χ1v) is 5.31. The first-order valence-electron chi connectivity index (χ1n) is 5.31. The Morgan fingerprint density at radius 2 is 1.44 bits per heavy atom. The van der Waals surface area contributed by atoms with Crippen LogP contribution in [0.4, 0.5) is 0 Å². The number of carbonyl (C=O) groups is 2. The molecule has 1 rings (SSSR count). The van der Waals surface area contributed by atoms with E-state index in [0.717, 1.165) is 31.8 Å². The number of carbonyl (C=O) groups excluding carboxylic acids is 2. The van der Waals surface area contributed by atoms with Gasteiger partial charge in [-0.2, -0.15) is 0 Å². The lowest BCUT2D eigenvalue weighted by Gasteiger charge is -2.25. The summed E-state index contributed by atoms with van der Waals surface area (Å²) in [4.78, 5) is 22.9. The van der Waals surface area contributed by atoms with Gasteiger partial charge in [-0.3, -0.25) is 9.59 Å². The van der Waals surface area contributed by atoms with Gasteiger partial charge in [-0.15, -0.1) is 0 Å². The number of rotatable bonds is 4. The molecule has 0 aliphatic heterocycles. The minimum Gasteiger partial charge on any atom is -0.435 e. The predicted molar refractivity (Wildman–Crippen MR) is 58.0 cm³/mol. The maximum atomic E-state index is 11.5. The van der Waals surface area contributed by atoms with E-state index in [1.807, 2.05) is 0 Å². The fraction of sp³-hybridized carbons (Fsp3) is 0.500. The van der Waals surface area contributed by atoms with E-state index in [1.54, 1.807) is 0 Å². The summed E-state index contributed by atoms with van der Waals surface area (Å²) in [6.07, 6.45) is 5.06. The van der Waals surface area contributed by atoms with E-state index in [9.17, 15) is 9.59 Å². The molecule has 16 heavy (non-hydrogen) atoms. The Morgan fingerprint density at radius 1 is 1.00 bits per heavy atom. The summed E-state index contributed by atoms with van der Waals surface area (Å²) in [6, 6.07) is 0. The molecule has 1 saturated carbocycles. The van der Waals surface area contributed by atoms with Gasteiger partial charge in [0.15, 0.2) is 0 Å². The summed E-state index contributed by atoms with van der Waals surface area (Å²) < 4.78 is 9.44. The van der Waals surface area contributed by atoms with Gasteiger partial charge in [0.05, 0.1) is 24.4 Å². The van der Waals surface area contributed by atoms with E-state index < -0.39 is 0 Å². The zero-order chi connectivity index (χ0) is 12.0. The zero-order valence-corrected chi connectivity index (χ0v) is 9.19. The van der Waals surface area contributed by atoms with Crippen LogP contribution in [-0.4, -0.2) is 11.9 Å². The lowest BCUT2D eigenvalue weighted by molar-refractivity contribution is -0.148. The van der Waals surface area contributed by atoms with Crippen LogP contribution in [0.3, 0.4) is 0 Å². The Kier molecular flexibility index (Phi) is 4.76. The molecule has 1 fully saturated rings. The van der Waals surface area contributed by atoms with Crippen molar-refractivity contribution in [2.24, 2.45) is 11.8 Å². The molecule has 0 N–H and O–H groups in total. The molecule has 0 bridgehead atoms. The third-order valence-electron chi connectivity index (χ3n) is 2.74. The molecule has 4 nitrogen and oxygen atoms in total. The molecule has 2 atom stereocenters. The molecule has 2 unspecified atom stereocenters. The van der Waals surface area contributed by atoms with Crippen molar-refractivity contribution in [1.82, 2.24) is 0 Å². The van der Waals surface area contributed by atoms with E-state index in [0.29, 0.717) is 6.42 Å². The molecule has 4 heteroatoms. The fourth-order valence-electron chi connectivity index (χ4n) is 1.97. The second-order valence-electron chi connectivity index (χ2n) is 3.77. The number of ether oxygens (including phenoxy) is 2. The average Bonchev–Trinajstić information content (AvgIpc) is 2.30. The minimum atomic E-state index is -0.314. The standard InChI is InChI=1S/C12H16O4/c1-3-15-11(13)9-6-5-7-10(8-9)12(14)16-4-2/h3-4,9-10H,1-2,5-8H2. The molecule has 0 aromatic heterocycles. The lowest BCUT2D eigenvalue weighted by Crippen LogP contribution is -2.28. The van der Waals surface area contributed by atoms with Crippen LogP contribution in [-0.2, 0) is 19.1 Å². The molecular weight excluding hydrogens is 208 g/mol. The van der Waals surface area contributed by atoms with Crippen LogP contribution < -0.4 is 0 Å². The second kappa shape index (κ2) is 6.10. The van der Waals surface area contributed by atoms with Gasteiger partial charge in [-0.05, 0) is 19.3 Å². The molecule has 0 amide bonds. The highest BCUT2D eigenvalue weighted by atomic mass is 16.5. The van der Waals surface area contributed by atoms with Gasteiger partial charge in [-0.1, -0.05) is 19.6 Å². The molecule has 0 spiro atoms. The van der Waals surface area contributed by atoms with E-state index >= 15 is 0 Å². The summed E-state index contributed by atoms with van der Waals surface area (Å²) >= 11 is 0. The molecule has 0 aromatic rings. The Balaban J connectivity index is 2.52. The third kappa shape index (κ3) is 3.22. The van der Waals surface area contributed by atoms with E-state index in [2.05, 4.69) is 13.2 Å². The fourth-order valence-corrected chi connectivity index (χ4v) is 1.97. The first kappa shape index (κ1) is 12.5. The van der Waals surface area contributed by atoms with Gasteiger partial charge >= 0.3 is 11.9 Å². The maximum Gasteiger partial charge on any atom is 0.313 e. The topological polar surface area (TPSA) is 52.6 Å². The molecule has 1 aliphatic carbocycles. The van der Waals surface area contributed by atoms with Crippen LogP contribution in [0.15, 0.2) is 25.7 Å². The van der Waals surface area contributed by atoms with Crippen LogP contribution in [0.1, 0.15) is 25.7 Å². The van der Waals surface area contributed by atoms with Crippen molar-refractivity contribution >= 4 is 11.9 Å². The van der Waals surface area contributed by atoms with Gasteiger partial charge in [-0.25, -0.2) is 0 Å². The average molecular weight is 224 g/mol. The molecule has 0 heterocycles. The summed E-state index contributed by atoms with van der Waals surface area (Å²) in [5.74, 6) is -1.08. The van der Waals surface area contributed by atoms with Crippen LogP contribution in [0.5, 0.6) is 0 Å². The highest BCUT2D eigenvalue weighted by molar-refractivity contribution is 5.77. The van der Waals surface area contributed by atoms with Crippen molar-refractivity contribution in [1.29, 1.82) is 0 Å². The molecule has 0 radical (unpaired) electrons. The molecule has 0 aromatic carbocycles. The van der Waals surface area contributed by atoms with Crippen LogP contribution >= 0.6 is 0 Å². The van der Waals surface area contributed by atoms with Gasteiger partial charge in [0.2, 0.25) is 0 Å². The summed E-state index contributed by atoms with van der Waals surface area (Å²) in [5, 5.41) is 0. The molecule has 1 aliphatic rings. The Labute approximate surface area is 94.9 Å². The van der Waals surface area contributed by atoms with Gasteiger partial charge in [0.1, 0.15) is 0 Å². The van der Waals surface area contributed by atoms with Crippen LogP contribution in [0.2, 0.25) is 0 Å². The van der Waals surface area contributed by atoms with Crippen molar-refractivity contribution in [3.63, 3.8) is 0 Å². The van der Waals surface area contributed by atoms with E-state index in [-0.39, 0.29) is 23.8 Å². The highest BCUT2D eigenvalue weighted by Gasteiger charge is 2.32. The van der Waals surface area contributed by atoms with Crippen molar-refractivity contribution in [3.05, 3.63) is 25.7 Å². The van der Waals surface area contributed by atoms with Crippen molar-refractivity contribution in [2.75, 3.05) is 0 Å². The summed E-state index contributed by atoms with van der Waals surface area (Å²) in [6.45, 7) is 6.66. The minimum absolute atomic E-state index is 0.228. The lowest BCUT2D eigenvalue weighted by atomic mass is 9.81. The molecule has 0 saturated heterocycles. The van der Waals surface area contributed by atoms with Crippen LogP contribution in [0.25, 0.3) is 0 Å². The van der Waals surface area contributed by atoms with E-state index in [1.165, 1.54) is 0 Å². The van der Waals surface area contributed by atoms with Crippen molar-refractivity contribution in [2.45, 2.75) is 25.7 Å². The first-order chi connectivity index (χ1) is 7.69. The molecular formula is C12H16O4. The number of esters is 2. The zero-order valence-electron chi connectivity index (χ0n) is 9.19. The van der Waals surface area contributed by atoms with E-state index in [4.69, 9.17) is 9.47 Å². The van der Waals surface area contributed by atoms with Gasteiger partial charge in [0.25, 0.3) is 0 Å². The Morgan fingerprint density at radius 3 is 1.81 bits per heavy atom. The van der Waals surface area contributed by atoms with Crippen molar-refractivity contribution in [3.8, 4) is 0 Å². The number of hydrogen-bond donors (Lipinski definition) is 0. The third-order valence-corrected chi connectivity index (χ3v) is 2.74. The monoisotopic (exact) mass is 224 g/mol. The highest BCUT2D eigenvalue weighted by Crippen LogP contribution is 2.30. The molecule has 88 valence electrons. The Bertz CT molecular complexity index is 267. The SMILES string of the molecule is C=COC(=O)C1CCCC(C(=O)OC=C)C1. The quantitative estimate of drug-likeness (QED) is 0.542. The summed E-state index contributed by atoms with van der Waals surface area (Å²) in [7, 11) is 0. The predicted octanol–water partition coefficient (Wildman–Crippen LogP) is 2.17. The largest absolute Gasteiger partial charge is 0.435 e. The normalized spacial score (nSPS) is 24.2. The van der Waals surface area contributed by atoms with Crippen molar-refractivity contribution < 1.29 is 19.1 Å². The Hall–Kier alpha value is -1.58. The van der Waals surface area contributed by atoms with Crippen LogP contribution in [0, 0.1) is 11.8 Å². The maximum absolute atomic E-state index is 11.5. The smallest absolute Gasteiger partial charge is 0.313 e.